The lowest BCUT2D eigenvalue weighted by Gasteiger charge is -2.42. The summed E-state index contributed by atoms with van der Waals surface area (Å²) in [5.41, 5.74) is 5.90. The van der Waals surface area contributed by atoms with Crippen molar-refractivity contribution in [3.8, 4) is 0 Å². The fourth-order valence-electron chi connectivity index (χ4n) is 3.03. The van der Waals surface area contributed by atoms with Crippen molar-refractivity contribution in [2.45, 2.75) is 57.2 Å². The van der Waals surface area contributed by atoms with E-state index in [0.717, 1.165) is 25.4 Å². The van der Waals surface area contributed by atoms with Gasteiger partial charge in [-0.2, -0.15) is 0 Å². The van der Waals surface area contributed by atoms with Gasteiger partial charge in [-0.1, -0.05) is 12.8 Å². The Labute approximate surface area is 99.3 Å². The van der Waals surface area contributed by atoms with Crippen molar-refractivity contribution in [1.82, 2.24) is 4.90 Å². The number of likely N-dealkylation sites (tertiary alicyclic amines) is 1. The van der Waals surface area contributed by atoms with E-state index in [2.05, 4.69) is 11.8 Å². The largest absolute Gasteiger partial charge is 0.381 e. The minimum Gasteiger partial charge on any atom is -0.381 e. The fourth-order valence-corrected chi connectivity index (χ4v) is 3.03. The number of hydrogen-bond donors (Lipinski definition) is 1. The molecule has 0 amide bonds. The van der Waals surface area contributed by atoms with Gasteiger partial charge in [-0.25, -0.2) is 0 Å². The van der Waals surface area contributed by atoms with Gasteiger partial charge < -0.3 is 10.5 Å². The second-order valence-corrected chi connectivity index (χ2v) is 5.54. The first-order valence-corrected chi connectivity index (χ1v) is 6.73. The van der Waals surface area contributed by atoms with Crippen molar-refractivity contribution in [2.24, 2.45) is 11.7 Å². The van der Waals surface area contributed by atoms with Crippen molar-refractivity contribution in [3.63, 3.8) is 0 Å². The quantitative estimate of drug-likeness (QED) is 0.774. The first-order chi connectivity index (χ1) is 7.74. The van der Waals surface area contributed by atoms with E-state index in [1.54, 1.807) is 0 Å². The highest BCUT2D eigenvalue weighted by molar-refractivity contribution is 4.88. The highest BCUT2D eigenvalue weighted by Crippen LogP contribution is 2.35. The molecular formula is C13H26N2O. The van der Waals surface area contributed by atoms with Gasteiger partial charge in [0, 0.05) is 32.3 Å². The molecular weight excluding hydrogens is 200 g/mol. The highest BCUT2D eigenvalue weighted by atomic mass is 16.5. The summed E-state index contributed by atoms with van der Waals surface area (Å²) in [6.45, 7) is 4.30. The molecule has 1 aliphatic heterocycles. The second kappa shape index (κ2) is 5.48. The molecule has 94 valence electrons. The van der Waals surface area contributed by atoms with Gasteiger partial charge >= 0.3 is 0 Å². The van der Waals surface area contributed by atoms with Crippen LogP contribution in [0.4, 0.5) is 0 Å². The summed E-state index contributed by atoms with van der Waals surface area (Å²) in [4.78, 5) is 2.62. The van der Waals surface area contributed by atoms with Crippen molar-refractivity contribution >= 4 is 0 Å². The van der Waals surface area contributed by atoms with E-state index in [4.69, 9.17) is 10.5 Å². The van der Waals surface area contributed by atoms with Crippen LogP contribution in [-0.4, -0.2) is 43.3 Å². The summed E-state index contributed by atoms with van der Waals surface area (Å²) in [5.74, 6) is 1.01. The highest BCUT2D eigenvalue weighted by Gasteiger charge is 2.33. The molecule has 0 aromatic heterocycles. The smallest absolute Gasteiger partial charge is 0.0599 e. The molecule has 2 aliphatic rings. The molecule has 3 nitrogen and oxygen atoms in total. The van der Waals surface area contributed by atoms with Gasteiger partial charge in [0.25, 0.3) is 0 Å². The zero-order valence-corrected chi connectivity index (χ0v) is 10.7. The molecule has 2 fully saturated rings. The maximum atomic E-state index is 5.90. The molecule has 3 unspecified atom stereocenters. The van der Waals surface area contributed by atoms with Crippen LogP contribution in [0.15, 0.2) is 0 Å². The first-order valence-electron chi connectivity index (χ1n) is 6.73. The van der Waals surface area contributed by atoms with E-state index in [-0.39, 0.29) is 0 Å². The van der Waals surface area contributed by atoms with Crippen molar-refractivity contribution in [1.29, 1.82) is 0 Å². The van der Waals surface area contributed by atoms with E-state index >= 15 is 0 Å². The van der Waals surface area contributed by atoms with Crippen LogP contribution in [0, 0.1) is 5.92 Å². The molecule has 1 saturated heterocycles. The van der Waals surface area contributed by atoms with Crippen molar-refractivity contribution in [2.75, 3.05) is 20.2 Å². The zero-order chi connectivity index (χ0) is 11.5. The standard InChI is InChI=1S/C13H26N2O/c1-10(7-11-3-4-11)15-6-5-13(16-2)8-12(15)9-14/h10-13H,3-9,14H2,1-2H3. The molecule has 2 N–H and O–H groups in total. The van der Waals surface area contributed by atoms with E-state index in [9.17, 15) is 0 Å². The minimum atomic E-state index is 0.429. The van der Waals surface area contributed by atoms with Crippen LogP contribution >= 0.6 is 0 Å². The van der Waals surface area contributed by atoms with Crippen LogP contribution in [0.25, 0.3) is 0 Å². The summed E-state index contributed by atoms with van der Waals surface area (Å²) in [6, 6.07) is 1.24. The lowest BCUT2D eigenvalue weighted by Crippen LogP contribution is -2.52. The summed E-state index contributed by atoms with van der Waals surface area (Å²) < 4.78 is 5.46. The lowest BCUT2D eigenvalue weighted by molar-refractivity contribution is -0.00331. The summed E-state index contributed by atoms with van der Waals surface area (Å²) in [6.07, 6.45) is 6.98. The predicted octanol–water partition coefficient (Wildman–Crippen LogP) is 1.61. The third kappa shape index (κ3) is 2.96. The van der Waals surface area contributed by atoms with Gasteiger partial charge in [0.15, 0.2) is 0 Å². The van der Waals surface area contributed by atoms with Gasteiger partial charge in [0.05, 0.1) is 6.10 Å². The molecule has 0 aromatic rings. The minimum absolute atomic E-state index is 0.429. The van der Waals surface area contributed by atoms with E-state index in [0.29, 0.717) is 18.2 Å². The van der Waals surface area contributed by atoms with Gasteiger partial charge in [0.1, 0.15) is 0 Å². The molecule has 2 rings (SSSR count). The lowest BCUT2D eigenvalue weighted by atomic mass is 9.96. The van der Waals surface area contributed by atoms with Gasteiger partial charge in [-0.15, -0.1) is 0 Å². The van der Waals surface area contributed by atoms with Crippen LogP contribution in [-0.2, 0) is 4.74 Å². The molecule has 0 aromatic carbocycles. The Bertz CT molecular complexity index is 218. The van der Waals surface area contributed by atoms with Crippen LogP contribution in [0.2, 0.25) is 0 Å². The number of ether oxygens (including phenoxy) is 1. The number of nitrogens with zero attached hydrogens (tertiary/aromatic N) is 1. The van der Waals surface area contributed by atoms with Gasteiger partial charge in [-0.3, -0.25) is 4.90 Å². The maximum Gasteiger partial charge on any atom is 0.0599 e. The number of hydrogen-bond acceptors (Lipinski definition) is 3. The molecule has 1 heterocycles. The Hall–Kier alpha value is -0.120. The average Bonchev–Trinajstić information content (AvgIpc) is 3.11. The Balaban J connectivity index is 1.86. The Morgan fingerprint density at radius 2 is 2.12 bits per heavy atom. The molecule has 0 bridgehead atoms. The van der Waals surface area contributed by atoms with Crippen LogP contribution in [0.3, 0.4) is 0 Å². The van der Waals surface area contributed by atoms with E-state index in [1.165, 1.54) is 25.7 Å². The summed E-state index contributed by atoms with van der Waals surface area (Å²) in [7, 11) is 1.82. The molecule has 1 aliphatic carbocycles. The molecule has 3 atom stereocenters. The molecule has 0 radical (unpaired) electrons. The number of methoxy groups -OCH3 is 1. The summed E-state index contributed by atoms with van der Waals surface area (Å²) >= 11 is 0. The number of rotatable bonds is 5. The maximum absolute atomic E-state index is 5.90. The van der Waals surface area contributed by atoms with Crippen molar-refractivity contribution < 1.29 is 4.74 Å². The number of nitrogens with two attached hydrogens (primary N) is 1. The Kier molecular flexibility index (Phi) is 4.22. The molecule has 0 spiro atoms. The predicted molar refractivity (Wildman–Crippen MR) is 66.4 cm³/mol. The van der Waals surface area contributed by atoms with E-state index in [1.807, 2.05) is 7.11 Å². The second-order valence-electron chi connectivity index (χ2n) is 5.54. The van der Waals surface area contributed by atoms with Crippen LogP contribution in [0.1, 0.15) is 39.0 Å². The SMILES string of the molecule is COC1CCN(C(C)CC2CC2)C(CN)C1. The summed E-state index contributed by atoms with van der Waals surface area (Å²) in [5, 5.41) is 0. The fraction of sp³-hybridized carbons (Fsp3) is 1.00. The van der Waals surface area contributed by atoms with Crippen LogP contribution < -0.4 is 5.73 Å². The third-order valence-corrected chi connectivity index (χ3v) is 4.26. The topological polar surface area (TPSA) is 38.5 Å². The zero-order valence-electron chi connectivity index (χ0n) is 10.7. The molecule has 16 heavy (non-hydrogen) atoms. The Morgan fingerprint density at radius 1 is 1.38 bits per heavy atom. The third-order valence-electron chi connectivity index (χ3n) is 4.26. The molecule has 1 saturated carbocycles. The normalized spacial score (nSPS) is 33.9. The number of piperidine rings is 1. The van der Waals surface area contributed by atoms with Gasteiger partial charge in [0.2, 0.25) is 0 Å². The average molecular weight is 226 g/mol. The van der Waals surface area contributed by atoms with E-state index < -0.39 is 0 Å². The van der Waals surface area contributed by atoms with Gasteiger partial charge in [-0.05, 0) is 32.1 Å². The monoisotopic (exact) mass is 226 g/mol. The Morgan fingerprint density at radius 3 is 2.69 bits per heavy atom. The van der Waals surface area contributed by atoms with Crippen LogP contribution in [0.5, 0.6) is 0 Å². The molecule has 3 heteroatoms. The first kappa shape index (κ1) is 12.3. The van der Waals surface area contributed by atoms with Crippen molar-refractivity contribution in [3.05, 3.63) is 0 Å².